The van der Waals surface area contributed by atoms with Gasteiger partial charge in [-0.15, -0.1) is 0 Å². The lowest BCUT2D eigenvalue weighted by Gasteiger charge is -2.31. The smallest absolute Gasteiger partial charge is 0.307 e. The highest BCUT2D eigenvalue weighted by Gasteiger charge is 2.31. The maximum atomic E-state index is 12.0. The number of carboxylic acid groups (broad SMARTS) is 1. The summed E-state index contributed by atoms with van der Waals surface area (Å²) in [5.74, 6) is -0.961. The predicted octanol–water partition coefficient (Wildman–Crippen LogP) is 0.115. The molecule has 2 rings (SSSR count). The highest BCUT2D eigenvalue weighted by molar-refractivity contribution is 7.89. The highest BCUT2D eigenvalue weighted by Crippen LogP contribution is 2.22. The first kappa shape index (κ1) is 14.0. The summed E-state index contributed by atoms with van der Waals surface area (Å²) in [4.78, 5) is 10.6. The molecule has 0 aromatic heterocycles. The average molecular weight is 285 g/mol. The molecule has 0 heterocycles. The van der Waals surface area contributed by atoms with Crippen LogP contribution >= 0.6 is 0 Å². The Bertz CT molecular complexity index is 560. The number of aliphatic hydroxyl groups is 1. The summed E-state index contributed by atoms with van der Waals surface area (Å²) < 4.78 is 26.4. The molecular weight excluding hydrogens is 270 g/mol. The SMILES string of the molecule is O=C(O)Cc1ccc(S(=O)(=O)NC2CC(O)C2)cc1. The maximum absolute atomic E-state index is 12.0. The van der Waals surface area contributed by atoms with E-state index < -0.39 is 22.1 Å². The molecule has 0 spiro atoms. The van der Waals surface area contributed by atoms with Gasteiger partial charge >= 0.3 is 5.97 Å². The summed E-state index contributed by atoms with van der Waals surface area (Å²) in [5.41, 5.74) is 0.547. The van der Waals surface area contributed by atoms with Crippen LogP contribution in [0.15, 0.2) is 29.2 Å². The van der Waals surface area contributed by atoms with Crippen LogP contribution in [0.5, 0.6) is 0 Å². The maximum Gasteiger partial charge on any atom is 0.307 e. The molecule has 1 aliphatic carbocycles. The zero-order valence-corrected chi connectivity index (χ0v) is 10.9. The Morgan fingerprint density at radius 2 is 1.84 bits per heavy atom. The van der Waals surface area contributed by atoms with E-state index in [1.165, 1.54) is 24.3 Å². The molecule has 0 amide bonds. The van der Waals surface area contributed by atoms with Gasteiger partial charge in [0.15, 0.2) is 0 Å². The molecule has 104 valence electrons. The van der Waals surface area contributed by atoms with Gasteiger partial charge in [0.1, 0.15) is 0 Å². The van der Waals surface area contributed by atoms with Crippen molar-refractivity contribution in [1.82, 2.24) is 4.72 Å². The van der Waals surface area contributed by atoms with Crippen LogP contribution < -0.4 is 4.72 Å². The van der Waals surface area contributed by atoms with Crippen molar-refractivity contribution >= 4 is 16.0 Å². The van der Waals surface area contributed by atoms with Crippen LogP contribution in [-0.4, -0.2) is 36.7 Å². The van der Waals surface area contributed by atoms with Crippen LogP contribution in [0.2, 0.25) is 0 Å². The van der Waals surface area contributed by atoms with Crippen LogP contribution in [0, 0.1) is 0 Å². The van der Waals surface area contributed by atoms with Crippen molar-refractivity contribution in [1.29, 1.82) is 0 Å². The Hall–Kier alpha value is -1.44. The fourth-order valence-electron chi connectivity index (χ4n) is 1.93. The second-order valence-corrected chi connectivity index (χ2v) is 6.37. The van der Waals surface area contributed by atoms with Gasteiger partial charge in [-0.2, -0.15) is 0 Å². The first-order chi connectivity index (χ1) is 8.87. The van der Waals surface area contributed by atoms with Crippen LogP contribution in [0.4, 0.5) is 0 Å². The summed E-state index contributed by atoms with van der Waals surface area (Å²) >= 11 is 0. The molecule has 6 nitrogen and oxygen atoms in total. The Morgan fingerprint density at radius 3 is 2.32 bits per heavy atom. The molecule has 0 radical (unpaired) electrons. The topological polar surface area (TPSA) is 104 Å². The second-order valence-electron chi connectivity index (χ2n) is 4.66. The normalized spacial score (nSPS) is 22.8. The van der Waals surface area contributed by atoms with Crippen LogP contribution in [0.3, 0.4) is 0 Å². The number of nitrogens with one attached hydrogen (secondary N) is 1. The molecule has 0 saturated heterocycles. The van der Waals surface area contributed by atoms with Crippen LogP contribution in [0.25, 0.3) is 0 Å². The van der Waals surface area contributed by atoms with Gasteiger partial charge in [-0.05, 0) is 30.5 Å². The van der Waals surface area contributed by atoms with E-state index in [1.807, 2.05) is 0 Å². The minimum atomic E-state index is -3.60. The fourth-order valence-corrected chi connectivity index (χ4v) is 3.19. The van der Waals surface area contributed by atoms with Crippen molar-refractivity contribution in [2.45, 2.75) is 36.3 Å². The van der Waals surface area contributed by atoms with Gasteiger partial charge in [-0.3, -0.25) is 4.79 Å². The van der Waals surface area contributed by atoms with Crippen LogP contribution in [-0.2, 0) is 21.2 Å². The fraction of sp³-hybridized carbons (Fsp3) is 0.417. The van der Waals surface area contributed by atoms with Crippen molar-refractivity contribution < 1.29 is 23.4 Å². The van der Waals surface area contributed by atoms with Gasteiger partial charge in [-0.25, -0.2) is 13.1 Å². The Morgan fingerprint density at radius 1 is 1.26 bits per heavy atom. The molecule has 0 bridgehead atoms. The van der Waals surface area contributed by atoms with E-state index in [2.05, 4.69) is 4.72 Å². The summed E-state index contributed by atoms with van der Waals surface area (Å²) in [7, 11) is -3.60. The summed E-state index contributed by atoms with van der Waals surface area (Å²) in [5, 5.41) is 17.7. The third kappa shape index (κ3) is 3.52. The first-order valence-corrected chi connectivity index (χ1v) is 7.36. The number of aliphatic carboxylic acids is 1. The van der Waals surface area contributed by atoms with E-state index in [1.54, 1.807) is 0 Å². The van der Waals surface area contributed by atoms with E-state index >= 15 is 0 Å². The summed E-state index contributed by atoms with van der Waals surface area (Å²) in [6.07, 6.45) is 0.292. The number of carboxylic acids is 1. The highest BCUT2D eigenvalue weighted by atomic mass is 32.2. The van der Waals surface area contributed by atoms with E-state index in [0.717, 1.165) is 0 Å². The van der Waals surface area contributed by atoms with E-state index in [0.29, 0.717) is 18.4 Å². The molecule has 7 heteroatoms. The van der Waals surface area contributed by atoms with Gasteiger partial charge in [0, 0.05) is 6.04 Å². The molecule has 1 aromatic carbocycles. The van der Waals surface area contributed by atoms with Gasteiger partial charge in [0.25, 0.3) is 0 Å². The molecule has 3 N–H and O–H groups in total. The quantitative estimate of drug-likeness (QED) is 0.712. The molecule has 0 aliphatic heterocycles. The lowest BCUT2D eigenvalue weighted by molar-refractivity contribution is -0.136. The van der Waals surface area contributed by atoms with Crippen molar-refractivity contribution in [3.05, 3.63) is 29.8 Å². The lowest BCUT2D eigenvalue weighted by atomic mass is 9.91. The van der Waals surface area contributed by atoms with E-state index in [4.69, 9.17) is 10.2 Å². The minimum absolute atomic E-state index is 0.100. The number of rotatable bonds is 5. The van der Waals surface area contributed by atoms with Crippen LogP contribution in [0.1, 0.15) is 18.4 Å². The number of hydrogen-bond donors (Lipinski definition) is 3. The minimum Gasteiger partial charge on any atom is -0.481 e. The zero-order chi connectivity index (χ0) is 14.0. The number of sulfonamides is 1. The number of benzene rings is 1. The van der Waals surface area contributed by atoms with Gasteiger partial charge < -0.3 is 10.2 Å². The van der Waals surface area contributed by atoms with Gasteiger partial charge in [0.2, 0.25) is 10.0 Å². The molecule has 1 aliphatic rings. The van der Waals surface area contributed by atoms with E-state index in [-0.39, 0.29) is 17.4 Å². The van der Waals surface area contributed by atoms with Gasteiger partial charge in [0.05, 0.1) is 17.4 Å². The molecular formula is C12H15NO5S. The van der Waals surface area contributed by atoms with Crippen molar-refractivity contribution in [2.24, 2.45) is 0 Å². The Balaban J connectivity index is 2.06. The molecule has 0 atom stereocenters. The van der Waals surface area contributed by atoms with Crippen molar-refractivity contribution in [3.8, 4) is 0 Å². The molecule has 1 saturated carbocycles. The zero-order valence-electron chi connectivity index (χ0n) is 10.1. The number of aliphatic hydroxyl groups excluding tert-OH is 1. The predicted molar refractivity (Wildman–Crippen MR) is 67.1 cm³/mol. The Kier molecular flexibility index (Phi) is 3.88. The summed E-state index contributed by atoms with van der Waals surface area (Å²) in [6, 6.07) is 5.51. The monoisotopic (exact) mass is 285 g/mol. The average Bonchev–Trinajstić information content (AvgIpc) is 2.26. The molecule has 1 fully saturated rings. The number of carbonyl (C=O) groups is 1. The van der Waals surface area contributed by atoms with Gasteiger partial charge in [-0.1, -0.05) is 12.1 Å². The standard InChI is InChI=1S/C12H15NO5S/c14-10-6-9(7-10)13-19(17,18)11-3-1-8(2-4-11)5-12(15)16/h1-4,9-10,13-14H,5-7H2,(H,15,16). The third-order valence-corrected chi connectivity index (χ3v) is 4.56. The first-order valence-electron chi connectivity index (χ1n) is 5.88. The lowest BCUT2D eigenvalue weighted by Crippen LogP contribution is -2.46. The van der Waals surface area contributed by atoms with E-state index in [9.17, 15) is 13.2 Å². The largest absolute Gasteiger partial charge is 0.481 e. The molecule has 19 heavy (non-hydrogen) atoms. The molecule has 0 unspecified atom stereocenters. The van der Waals surface area contributed by atoms with Crippen molar-refractivity contribution in [3.63, 3.8) is 0 Å². The number of hydrogen-bond acceptors (Lipinski definition) is 4. The Labute approximate surface area is 111 Å². The summed E-state index contributed by atoms with van der Waals surface area (Å²) in [6.45, 7) is 0. The third-order valence-electron chi connectivity index (χ3n) is 3.02. The molecule has 1 aromatic rings. The van der Waals surface area contributed by atoms with Crippen molar-refractivity contribution in [2.75, 3.05) is 0 Å². The second kappa shape index (κ2) is 5.28.